The van der Waals surface area contributed by atoms with Crippen LogP contribution in [0, 0.1) is 6.92 Å². The number of amides is 1. The van der Waals surface area contributed by atoms with Crippen molar-refractivity contribution in [2.75, 3.05) is 6.54 Å². The molecule has 1 aliphatic rings. The fraction of sp³-hybridized carbons (Fsp3) is 0.238. The molecule has 4 heterocycles. The molecule has 3 aromatic heterocycles. The average molecular weight is 473 g/mol. The summed E-state index contributed by atoms with van der Waals surface area (Å²) >= 11 is 2.90. The number of aromatic nitrogens is 2. The number of hydrogen-bond acceptors (Lipinski definition) is 6. The van der Waals surface area contributed by atoms with Gasteiger partial charge in [-0.25, -0.2) is 4.72 Å². The van der Waals surface area contributed by atoms with E-state index < -0.39 is 16.1 Å². The number of aryl methyl sites for hydroxylation is 1. The van der Waals surface area contributed by atoms with Gasteiger partial charge in [-0.15, -0.1) is 22.7 Å². The van der Waals surface area contributed by atoms with Gasteiger partial charge in [0, 0.05) is 23.4 Å². The van der Waals surface area contributed by atoms with Crippen molar-refractivity contribution in [3.8, 4) is 0 Å². The van der Waals surface area contributed by atoms with Crippen molar-refractivity contribution in [2.45, 2.75) is 26.4 Å². The summed E-state index contributed by atoms with van der Waals surface area (Å²) in [6, 6.07) is 13.6. The van der Waals surface area contributed by atoms with E-state index >= 15 is 0 Å². The van der Waals surface area contributed by atoms with Crippen LogP contribution in [0.1, 0.15) is 31.4 Å². The van der Waals surface area contributed by atoms with Crippen LogP contribution >= 0.6 is 22.7 Å². The second-order valence-electron chi connectivity index (χ2n) is 7.45. The van der Waals surface area contributed by atoms with E-state index in [-0.39, 0.29) is 0 Å². The maximum atomic E-state index is 12.8. The van der Waals surface area contributed by atoms with E-state index in [1.165, 1.54) is 20.5 Å². The Morgan fingerprint density at radius 3 is 2.84 bits per heavy atom. The van der Waals surface area contributed by atoms with E-state index in [0.29, 0.717) is 30.9 Å². The summed E-state index contributed by atoms with van der Waals surface area (Å²) in [5, 5.41) is 7.41. The van der Waals surface area contributed by atoms with Crippen LogP contribution in [0.25, 0.3) is 10.2 Å². The van der Waals surface area contributed by atoms with E-state index in [1.54, 1.807) is 17.4 Å². The molecule has 0 radical (unpaired) electrons. The Hall–Kier alpha value is -2.53. The lowest BCUT2D eigenvalue weighted by molar-refractivity contribution is 0.0982. The molecular formula is C21H20N4O3S3. The number of fused-ring (bicyclic) bond motifs is 2. The quantitative estimate of drug-likeness (QED) is 0.481. The number of hydrogen-bond donors (Lipinski definition) is 1. The summed E-state index contributed by atoms with van der Waals surface area (Å²) in [7, 11) is -3.92. The molecule has 0 saturated carbocycles. The summed E-state index contributed by atoms with van der Waals surface area (Å²) < 4.78 is 31.1. The van der Waals surface area contributed by atoms with Gasteiger partial charge in [-0.05, 0) is 42.0 Å². The molecule has 7 nitrogen and oxygen atoms in total. The lowest BCUT2D eigenvalue weighted by Crippen LogP contribution is -2.45. The van der Waals surface area contributed by atoms with Crippen LogP contribution in [0.4, 0.5) is 0 Å². The first kappa shape index (κ1) is 20.4. The molecule has 0 bridgehead atoms. The van der Waals surface area contributed by atoms with Crippen LogP contribution in [-0.2, 0) is 29.7 Å². The van der Waals surface area contributed by atoms with Crippen LogP contribution in [0.3, 0.4) is 0 Å². The van der Waals surface area contributed by atoms with E-state index in [9.17, 15) is 13.2 Å². The Bertz CT molecular complexity index is 1370. The fourth-order valence-corrected chi connectivity index (χ4v) is 6.87. The number of carbonyl (C=O) groups is 1. The van der Waals surface area contributed by atoms with Gasteiger partial charge in [-0.3, -0.25) is 9.48 Å². The van der Waals surface area contributed by atoms with E-state index in [2.05, 4.69) is 9.82 Å². The minimum Gasteiger partial charge on any atom is -0.267 e. The molecule has 0 spiro atoms. The highest BCUT2D eigenvalue weighted by Crippen LogP contribution is 2.30. The van der Waals surface area contributed by atoms with Gasteiger partial charge < -0.3 is 0 Å². The van der Waals surface area contributed by atoms with Gasteiger partial charge in [-0.1, -0.05) is 30.3 Å². The largest absolute Gasteiger partial charge is 0.304 e. The molecule has 1 amide bonds. The van der Waals surface area contributed by atoms with Gasteiger partial charge in [0.25, 0.3) is 5.91 Å². The highest BCUT2D eigenvalue weighted by molar-refractivity contribution is 7.87. The molecule has 160 valence electrons. The molecule has 31 heavy (non-hydrogen) atoms. The van der Waals surface area contributed by atoms with Crippen LogP contribution in [0.5, 0.6) is 0 Å². The van der Waals surface area contributed by atoms with Crippen molar-refractivity contribution in [1.29, 1.82) is 0 Å². The molecule has 0 unspecified atom stereocenters. The molecular weight excluding hydrogens is 452 g/mol. The monoisotopic (exact) mass is 472 g/mol. The van der Waals surface area contributed by atoms with Crippen molar-refractivity contribution >= 4 is 49.0 Å². The number of carbonyl (C=O) groups excluding carboxylic acids is 1. The summed E-state index contributed by atoms with van der Waals surface area (Å²) in [5.41, 5.74) is 2.92. The topological polar surface area (TPSA) is 84.3 Å². The Morgan fingerprint density at radius 1 is 1.23 bits per heavy atom. The number of benzene rings is 1. The third-order valence-electron chi connectivity index (χ3n) is 5.34. The normalized spacial score (nSPS) is 14.6. The van der Waals surface area contributed by atoms with Gasteiger partial charge in [0.1, 0.15) is 4.83 Å². The van der Waals surface area contributed by atoms with Crippen LogP contribution in [0.15, 0.2) is 47.8 Å². The van der Waals surface area contributed by atoms with Gasteiger partial charge in [0.15, 0.2) is 0 Å². The molecule has 4 aromatic rings. The predicted molar refractivity (Wildman–Crippen MR) is 123 cm³/mol. The smallest absolute Gasteiger partial charge is 0.267 e. The zero-order valence-corrected chi connectivity index (χ0v) is 19.2. The molecule has 5 rings (SSSR count). The van der Waals surface area contributed by atoms with Crippen LogP contribution in [0.2, 0.25) is 0 Å². The summed E-state index contributed by atoms with van der Waals surface area (Å²) in [6.07, 6.45) is 0.666. The Morgan fingerprint density at radius 2 is 2.03 bits per heavy atom. The Balaban J connectivity index is 1.37. The van der Waals surface area contributed by atoms with Crippen molar-refractivity contribution in [1.82, 2.24) is 18.8 Å². The van der Waals surface area contributed by atoms with E-state index in [1.807, 2.05) is 53.4 Å². The minimum atomic E-state index is -3.92. The van der Waals surface area contributed by atoms with E-state index in [0.717, 1.165) is 27.0 Å². The average Bonchev–Trinajstić information content (AvgIpc) is 3.45. The molecule has 0 saturated heterocycles. The van der Waals surface area contributed by atoms with E-state index in [4.69, 9.17) is 0 Å². The first-order valence-corrected chi connectivity index (χ1v) is 12.9. The third-order valence-corrected chi connectivity index (χ3v) is 8.95. The number of thiophene rings is 2. The third kappa shape index (κ3) is 3.91. The molecule has 0 fully saturated rings. The second-order valence-corrected chi connectivity index (χ2v) is 11.1. The van der Waals surface area contributed by atoms with Crippen molar-refractivity contribution in [3.63, 3.8) is 0 Å². The molecule has 1 N–H and O–H groups in total. The predicted octanol–water partition coefficient (Wildman–Crippen LogP) is 3.55. The first-order chi connectivity index (χ1) is 14.9. The van der Waals surface area contributed by atoms with Crippen LogP contribution < -0.4 is 4.72 Å². The summed E-state index contributed by atoms with van der Waals surface area (Å²) in [5.74, 6) is -0.608. The highest BCUT2D eigenvalue weighted by atomic mass is 32.2. The minimum absolute atomic E-state index is 0.291. The second kappa shape index (κ2) is 7.86. The van der Waals surface area contributed by atoms with Gasteiger partial charge in [-0.2, -0.15) is 17.8 Å². The lowest BCUT2D eigenvalue weighted by atomic mass is 10.1. The van der Waals surface area contributed by atoms with Crippen molar-refractivity contribution in [2.24, 2.45) is 0 Å². The highest BCUT2D eigenvalue weighted by Gasteiger charge is 2.29. The maximum Gasteiger partial charge on any atom is 0.304 e. The van der Waals surface area contributed by atoms with Gasteiger partial charge in [0.2, 0.25) is 0 Å². The van der Waals surface area contributed by atoms with Crippen LogP contribution in [-0.4, -0.2) is 35.0 Å². The van der Waals surface area contributed by atoms with Crippen molar-refractivity contribution < 1.29 is 13.2 Å². The Labute approximate surface area is 188 Å². The molecule has 1 aliphatic heterocycles. The number of nitrogens with one attached hydrogen (secondary N) is 1. The molecule has 1 aromatic carbocycles. The number of nitrogens with zero attached hydrogens (tertiary/aromatic N) is 3. The summed E-state index contributed by atoms with van der Waals surface area (Å²) in [4.78, 5) is 15.2. The Kier molecular flexibility index (Phi) is 5.17. The van der Waals surface area contributed by atoms with Gasteiger partial charge >= 0.3 is 10.2 Å². The fourth-order valence-electron chi connectivity index (χ4n) is 3.75. The lowest BCUT2D eigenvalue weighted by Gasteiger charge is -2.25. The zero-order valence-electron chi connectivity index (χ0n) is 16.7. The molecule has 10 heteroatoms. The standard InChI is InChI=1S/C21H20N4O3S3/c1-14-17-11-19(30-21(17)25(22-14)12-15-5-3-2-4-6-15)20(26)23-31(27,28)24-9-7-18-16(13-24)8-10-29-18/h2-6,8,10-11H,7,9,12-13H2,1H3,(H,23,26). The zero-order chi connectivity index (χ0) is 21.6. The van der Waals surface area contributed by atoms with Gasteiger partial charge in [0.05, 0.1) is 17.1 Å². The first-order valence-electron chi connectivity index (χ1n) is 9.79. The van der Waals surface area contributed by atoms with Crippen molar-refractivity contribution in [3.05, 3.63) is 74.4 Å². The number of rotatable bonds is 5. The maximum absolute atomic E-state index is 12.8. The molecule has 0 atom stereocenters. The SMILES string of the molecule is Cc1nn(Cc2ccccc2)c2sc(C(=O)NS(=O)(=O)N3CCc4sccc4C3)cc12. The molecule has 0 aliphatic carbocycles. The summed E-state index contributed by atoms with van der Waals surface area (Å²) in [6.45, 7) is 3.13.